The van der Waals surface area contributed by atoms with Crippen LogP contribution in [0.5, 0.6) is 0 Å². The second-order valence-electron chi connectivity index (χ2n) is 5.95. The summed E-state index contributed by atoms with van der Waals surface area (Å²) in [4.78, 5) is 36.3. The number of H-pyrrole nitrogens is 1. The fourth-order valence-corrected chi connectivity index (χ4v) is 2.66. The number of nitrogens with one attached hydrogen (secondary N) is 3. The standard InChI is InChI=1S/C17H19N5O3/c1-22(15(23)8-7-13-16(24)19-17(25)18-13)10-12-9-14(21-20-12)11-5-3-2-4-6-11/h2-6,9,13H,7-8,10H2,1H3,(H,20,21)(H2,18,19,24,25). The zero-order chi connectivity index (χ0) is 17.8. The molecule has 1 unspecified atom stereocenters. The molecule has 2 heterocycles. The van der Waals surface area contributed by atoms with Gasteiger partial charge in [0.2, 0.25) is 5.91 Å². The second kappa shape index (κ2) is 7.16. The van der Waals surface area contributed by atoms with Crippen LogP contribution in [0.3, 0.4) is 0 Å². The van der Waals surface area contributed by atoms with E-state index in [-0.39, 0.29) is 24.7 Å². The Hall–Kier alpha value is -3.16. The fourth-order valence-electron chi connectivity index (χ4n) is 2.66. The topological polar surface area (TPSA) is 107 Å². The molecule has 2 aromatic rings. The van der Waals surface area contributed by atoms with Gasteiger partial charge in [-0.25, -0.2) is 4.79 Å². The van der Waals surface area contributed by atoms with Gasteiger partial charge < -0.3 is 10.2 Å². The number of urea groups is 1. The zero-order valence-electron chi connectivity index (χ0n) is 13.8. The Labute approximate surface area is 144 Å². The number of hydrogen-bond donors (Lipinski definition) is 3. The van der Waals surface area contributed by atoms with Crippen molar-refractivity contribution in [2.45, 2.75) is 25.4 Å². The molecule has 0 aliphatic carbocycles. The van der Waals surface area contributed by atoms with Crippen LogP contribution in [0.15, 0.2) is 36.4 Å². The van der Waals surface area contributed by atoms with Gasteiger partial charge >= 0.3 is 6.03 Å². The Kier molecular flexibility index (Phi) is 4.78. The summed E-state index contributed by atoms with van der Waals surface area (Å²) in [7, 11) is 1.69. The molecular weight excluding hydrogens is 322 g/mol. The van der Waals surface area contributed by atoms with Gasteiger partial charge in [-0.1, -0.05) is 30.3 Å². The molecule has 0 spiro atoms. The van der Waals surface area contributed by atoms with Crippen molar-refractivity contribution in [2.75, 3.05) is 7.05 Å². The van der Waals surface area contributed by atoms with Crippen molar-refractivity contribution in [1.29, 1.82) is 0 Å². The first-order valence-electron chi connectivity index (χ1n) is 7.98. The number of aromatic nitrogens is 2. The lowest BCUT2D eigenvalue weighted by molar-refractivity contribution is -0.130. The molecule has 1 aromatic heterocycles. The van der Waals surface area contributed by atoms with Crippen molar-refractivity contribution in [2.24, 2.45) is 0 Å². The highest BCUT2D eigenvalue weighted by Crippen LogP contribution is 2.17. The van der Waals surface area contributed by atoms with Crippen LogP contribution in [-0.4, -0.2) is 46.0 Å². The molecule has 8 heteroatoms. The lowest BCUT2D eigenvalue weighted by Crippen LogP contribution is -2.32. The maximum atomic E-state index is 12.2. The number of aromatic amines is 1. The van der Waals surface area contributed by atoms with Crippen LogP contribution in [-0.2, 0) is 16.1 Å². The van der Waals surface area contributed by atoms with Crippen LogP contribution >= 0.6 is 0 Å². The number of carbonyl (C=O) groups excluding carboxylic acids is 3. The first-order valence-corrected chi connectivity index (χ1v) is 7.98. The van der Waals surface area contributed by atoms with Gasteiger partial charge in [-0.05, 0) is 12.5 Å². The molecule has 1 fully saturated rings. The average molecular weight is 341 g/mol. The minimum Gasteiger partial charge on any atom is -0.340 e. The van der Waals surface area contributed by atoms with Gasteiger partial charge in [-0.2, -0.15) is 5.10 Å². The predicted molar refractivity (Wildman–Crippen MR) is 90.2 cm³/mol. The van der Waals surface area contributed by atoms with Gasteiger partial charge in [-0.3, -0.25) is 20.0 Å². The van der Waals surface area contributed by atoms with E-state index in [2.05, 4.69) is 20.8 Å². The summed E-state index contributed by atoms with van der Waals surface area (Å²) in [6.45, 7) is 0.391. The van der Waals surface area contributed by atoms with E-state index >= 15 is 0 Å². The summed E-state index contributed by atoms with van der Waals surface area (Å²) < 4.78 is 0. The third-order valence-electron chi connectivity index (χ3n) is 4.04. The van der Waals surface area contributed by atoms with Gasteiger partial charge in [-0.15, -0.1) is 0 Å². The van der Waals surface area contributed by atoms with Gasteiger partial charge in [0, 0.05) is 19.0 Å². The quantitative estimate of drug-likeness (QED) is 0.682. The third kappa shape index (κ3) is 4.03. The fraction of sp³-hybridized carbons (Fsp3) is 0.294. The van der Waals surface area contributed by atoms with Crippen molar-refractivity contribution in [1.82, 2.24) is 25.7 Å². The number of nitrogens with zero attached hydrogens (tertiary/aromatic N) is 2. The monoisotopic (exact) mass is 341 g/mol. The number of benzene rings is 1. The van der Waals surface area contributed by atoms with Crippen LogP contribution in [0, 0.1) is 0 Å². The molecule has 130 valence electrons. The Bertz CT molecular complexity index is 787. The average Bonchev–Trinajstić information content (AvgIpc) is 3.19. The first kappa shape index (κ1) is 16.7. The third-order valence-corrected chi connectivity index (χ3v) is 4.04. The number of carbonyl (C=O) groups is 3. The van der Waals surface area contributed by atoms with Gasteiger partial charge in [0.05, 0.1) is 17.9 Å². The molecule has 0 saturated carbocycles. The van der Waals surface area contributed by atoms with Crippen molar-refractivity contribution in [3.05, 3.63) is 42.1 Å². The number of amides is 4. The summed E-state index contributed by atoms with van der Waals surface area (Å²) in [5, 5.41) is 11.8. The minimum absolute atomic E-state index is 0.107. The van der Waals surface area contributed by atoms with Crippen LogP contribution in [0.2, 0.25) is 0 Å². The lowest BCUT2D eigenvalue weighted by Gasteiger charge is -2.16. The van der Waals surface area contributed by atoms with Crippen LogP contribution in [0.4, 0.5) is 4.79 Å². The Balaban J connectivity index is 1.52. The van der Waals surface area contributed by atoms with Crippen LogP contribution < -0.4 is 10.6 Å². The lowest BCUT2D eigenvalue weighted by atomic mass is 10.1. The largest absolute Gasteiger partial charge is 0.340 e. The summed E-state index contributed by atoms with van der Waals surface area (Å²) in [6.07, 6.45) is 0.452. The molecule has 1 aliphatic rings. The van der Waals surface area contributed by atoms with E-state index in [1.54, 1.807) is 11.9 Å². The summed E-state index contributed by atoms with van der Waals surface area (Å²) in [5.74, 6) is -0.494. The zero-order valence-corrected chi connectivity index (χ0v) is 13.8. The maximum Gasteiger partial charge on any atom is 0.322 e. The number of rotatable bonds is 6. The van der Waals surface area contributed by atoms with Crippen molar-refractivity contribution in [3.8, 4) is 11.3 Å². The maximum absolute atomic E-state index is 12.2. The van der Waals surface area contributed by atoms with E-state index in [0.717, 1.165) is 17.0 Å². The predicted octanol–water partition coefficient (Wildman–Crippen LogP) is 1.02. The molecule has 1 aromatic carbocycles. The summed E-state index contributed by atoms with van der Waals surface area (Å²) in [5.41, 5.74) is 2.64. The molecule has 25 heavy (non-hydrogen) atoms. The molecule has 8 nitrogen and oxygen atoms in total. The van der Waals surface area contributed by atoms with Crippen molar-refractivity contribution < 1.29 is 14.4 Å². The molecule has 3 N–H and O–H groups in total. The normalized spacial score (nSPS) is 16.4. The smallest absolute Gasteiger partial charge is 0.322 e. The Morgan fingerprint density at radius 2 is 2.00 bits per heavy atom. The van der Waals surface area contributed by atoms with E-state index in [9.17, 15) is 14.4 Å². The molecule has 1 atom stereocenters. The Morgan fingerprint density at radius 3 is 2.68 bits per heavy atom. The van der Waals surface area contributed by atoms with E-state index in [1.165, 1.54) is 0 Å². The van der Waals surface area contributed by atoms with E-state index in [0.29, 0.717) is 6.54 Å². The number of hydrogen-bond acceptors (Lipinski definition) is 4. The van der Waals surface area contributed by atoms with E-state index in [1.807, 2.05) is 36.4 Å². The summed E-state index contributed by atoms with van der Waals surface area (Å²) in [6, 6.07) is 10.5. The van der Waals surface area contributed by atoms with Crippen LogP contribution in [0.1, 0.15) is 18.5 Å². The van der Waals surface area contributed by atoms with E-state index in [4.69, 9.17) is 0 Å². The van der Waals surface area contributed by atoms with Gasteiger partial charge in [0.1, 0.15) is 6.04 Å². The second-order valence-corrected chi connectivity index (χ2v) is 5.95. The molecule has 1 aliphatic heterocycles. The first-order chi connectivity index (χ1) is 12.0. The molecule has 0 bridgehead atoms. The summed E-state index contributed by atoms with van der Waals surface area (Å²) >= 11 is 0. The molecule has 1 saturated heterocycles. The SMILES string of the molecule is CN(Cc1cc(-c2ccccc2)n[nH]1)C(=O)CCC1NC(=O)NC1=O. The van der Waals surface area contributed by atoms with Crippen molar-refractivity contribution >= 4 is 17.8 Å². The van der Waals surface area contributed by atoms with Gasteiger partial charge in [0.15, 0.2) is 0 Å². The molecule has 4 amide bonds. The molecular formula is C17H19N5O3. The number of imide groups is 1. The molecule has 3 rings (SSSR count). The van der Waals surface area contributed by atoms with Gasteiger partial charge in [0.25, 0.3) is 5.91 Å². The highest BCUT2D eigenvalue weighted by atomic mass is 16.2. The minimum atomic E-state index is -0.637. The highest BCUT2D eigenvalue weighted by molar-refractivity contribution is 6.04. The Morgan fingerprint density at radius 1 is 1.24 bits per heavy atom. The molecule has 0 radical (unpaired) electrons. The van der Waals surface area contributed by atoms with Crippen molar-refractivity contribution in [3.63, 3.8) is 0 Å². The van der Waals surface area contributed by atoms with Crippen LogP contribution in [0.25, 0.3) is 11.3 Å². The van der Waals surface area contributed by atoms with E-state index < -0.39 is 12.1 Å². The highest BCUT2D eigenvalue weighted by Gasteiger charge is 2.29.